The summed E-state index contributed by atoms with van der Waals surface area (Å²) >= 11 is 0. The molecule has 0 N–H and O–H groups in total. The first-order valence-electron chi connectivity index (χ1n) is 17.1. The molecule has 260 valence electrons. The predicted molar refractivity (Wildman–Crippen MR) is 169 cm³/mol. The summed E-state index contributed by atoms with van der Waals surface area (Å²) in [5.41, 5.74) is -1.10. The van der Waals surface area contributed by atoms with Crippen molar-refractivity contribution in [3.8, 4) is 11.5 Å². The Bertz CT molecular complexity index is 1390. The minimum absolute atomic E-state index is 0.0254. The predicted octanol–water partition coefficient (Wildman–Crippen LogP) is 3.61. The minimum atomic E-state index is -0.977. The van der Waals surface area contributed by atoms with Crippen LogP contribution in [0.5, 0.6) is 11.5 Å². The second-order valence-electron chi connectivity index (χ2n) is 14.8. The molecule has 6 aliphatic rings. The molecule has 6 fully saturated rings. The van der Waals surface area contributed by atoms with Gasteiger partial charge in [0.05, 0.1) is 44.7 Å². The van der Waals surface area contributed by atoms with Crippen molar-refractivity contribution in [3.63, 3.8) is 0 Å². The van der Waals surface area contributed by atoms with Gasteiger partial charge in [-0.3, -0.25) is 9.69 Å². The van der Waals surface area contributed by atoms with Gasteiger partial charge >= 0.3 is 11.9 Å². The van der Waals surface area contributed by atoms with Crippen LogP contribution >= 0.6 is 0 Å². The number of carbonyl (C=O) groups excluding carboxylic acids is 2. The number of piperidine rings is 1. The van der Waals surface area contributed by atoms with Crippen molar-refractivity contribution in [2.24, 2.45) is 40.4 Å². The molecule has 1 aliphatic heterocycles. The summed E-state index contributed by atoms with van der Waals surface area (Å²) in [4.78, 5) is 30.0. The third-order valence-corrected chi connectivity index (χ3v) is 13.5. The molecule has 13 atom stereocenters. The smallest absolute Gasteiger partial charge is 0.338 e. The molecule has 5 saturated carbocycles. The van der Waals surface area contributed by atoms with Crippen molar-refractivity contribution >= 4 is 11.9 Å². The first-order chi connectivity index (χ1) is 22.7. The van der Waals surface area contributed by atoms with Crippen LogP contribution in [0.4, 0.5) is 0 Å². The molecule has 0 amide bonds. The Morgan fingerprint density at radius 2 is 1.72 bits per heavy atom. The number of methoxy groups -OCH3 is 6. The fourth-order valence-electron chi connectivity index (χ4n) is 12.7. The second kappa shape index (κ2) is 11.9. The van der Waals surface area contributed by atoms with E-state index in [1.807, 2.05) is 7.11 Å². The normalized spacial score (nSPS) is 44.2. The van der Waals surface area contributed by atoms with E-state index in [1.54, 1.807) is 53.7 Å². The zero-order chi connectivity index (χ0) is 33.5. The lowest BCUT2D eigenvalue weighted by atomic mass is 9.43. The molecule has 11 nitrogen and oxygen atoms in total. The van der Waals surface area contributed by atoms with E-state index in [0.717, 1.165) is 32.4 Å². The number of hydrogen-bond donors (Lipinski definition) is 0. The molecule has 0 radical (unpaired) electrons. The number of fused-ring (bicyclic) bond motifs is 2. The zero-order valence-corrected chi connectivity index (χ0v) is 29.0. The maximum absolute atomic E-state index is 14.1. The van der Waals surface area contributed by atoms with Gasteiger partial charge in [0.2, 0.25) is 0 Å². The van der Waals surface area contributed by atoms with Crippen LogP contribution in [0.2, 0.25) is 0 Å². The second-order valence-corrected chi connectivity index (χ2v) is 14.8. The van der Waals surface area contributed by atoms with Crippen LogP contribution in [0.25, 0.3) is 0 Å². The van der Waals surface area contributed by atoms with Crippen LogP contribution in [-0.2, 0) is 33.2 Å². The van der Waals surface area contributed by atoms with Crippen LogP contribution in [0, 0.1) is 40.4 Å². The summed E-state index contributed by atoms with van der Waals surface area (Å²) < 4.78 is 49.8. The number of ether oxygens (including phenoxy) is 8. The van der Waals surface area contributed by atoms with E-state index in [4.69, 9.17) is 37.9 Å². The monoisotopic (exact) mass is 657 g/mol. The van der Waals surface area contributed by atoms with Gasteiger partial charge in [0.15, 0.2) is 11.5 Å². The molecule has 1 heterocycles. The van der Waals surface area contributed by atoms with Gasteiger partial charge in [0.25, 0.3) is 0 Å². The molecule has 1 unspecified atom stereocenters. The van der Waals surface area contributed by atoms with Crippen LogP contribution in [-0.4, -0.2) is 115 Å². The highest BCUT2D eigenvalue weighted by atomic mass is 16.6. The van der Waals surface area contributed by atoms with E-state index in [9.17, 15) is 9.59 Å². The molecular weight excluding hydrogens is 606 g/mol. The van der Waals surface area contributed by atoms with Crippen LogP contribution in [0.1, 0.15) is 49.9 Å². The average Bonchev–Trinajstić information content (AvgIpc) is 3.49. The highest BCUT2D eigenvalue weighted by Gasteiger charge is 2.88. The van der Waals surface area contributed by atoms with Crippen LogP contribution in [0.15, 0.2) is 18.2 Å². The van der Waals surface area contributed by atoms with Gasteiger partial charge in [0, 0.05) is 88.9 Å². The summed E-state index contributed by atoms with van der Waals surface area (Å²) in [6.07, 6.45) is 2.08. The summed E-state index contributed by atoms with van der Waals surface area (Å²) in [7, 11) is 10.2. The summed E-state index contributed by atoms with van der Waals surface area (Å²) in [5, 5.41) is 0. The van der Waals surface area contributed by atoms with Crippen LogP contribution in [0.3, 0.4) is 0 Å². The number of benzene rings is 1. The Hall–Kier alpha value is -2.44. The molecule has 1 saturated heterocycles. The lowest BCUT2D eigenvalue weighted by molar-refractivity contribution is -0.280. The number of rotatable bonds is 11. The van der Waals surface area contributed by atoms with Crippen molar-refractivity contribution in [1.82, 2.24) is 4.90 Å². The molecule has 47 heavy (non-hydrogen) atoms. The quantitative estimate of drug-likeness (QED) is 0.326. The zero-order valence-electron chi connectivity index (χ0n) is 29.0. The molecule has 1 aromatic carbocycles. The molecule has 1 aromatic rings. The number of likely N-dealkylation sites (tertiary alicyclic amines) is 1. The Morgan fingerprint density at radius 1 is 0.957 bits per heavy atom. The number of hydrogen-bond acceptors (Lipinski definition) is 11. The van der Waals surface area contributed by atoms with E-state index in [1.165, 1.54) is 6.92 Å². The molecule has 11 heteroatoms. The number of esters is 2. The summed E-state index contributed by atoms with van der Waals surface area (Å²) in [6.45, 7) is 6.06. The van der Waals surface area contributed by atoms with E-state index >= 15 is 0 Å². The Kier molecular flexibility index (Phi) is 8.35. The van der Waals surface area contributed by atoms with E-state index in [-0.39, 0.29) is 70.7 Å². The van der Waals surface area contributed by atoms with Gasteiger partial charge in [-0.2, -0.15) is 0 Å². The largest absolute Gasteiger partial charge is 0.493 e. The molecular formula is C36H51NO10. The third-order valence-electron chi connectivity index (χ3n) is 13.5. The highest BCUT2D eigenvalue weighted by Crippen LogP contribution is 2.80. The van der Waals surface area contributed by atoms with Gasteiger partial charge in [-0.1, -0.05) is 6.92 Å². The Labute approximate surface area is 277 Å². The maximum atomic E-state index is 14.1. The molecule has 0 aromatic heterocycles. The standard InChI is InChI=1S/C36H51NO10/c1-9-37-17-34(18-40-3)13-12-26(44-7)36-22-15-21-25(43-6)16-35(47-19(2)38,28(32(36)37)30(45-8)31(34)36)27(22)29(21)46-33(39)20-10-11-23(41-4)24(14-20)42-5/h10-11,14,21-22,25-32H,9,12-13,15-18H2,1-8H3/t21-,22-,25+,26?,27-,28+,29+,30+,31-,32-,34+,35-,36+/m1/s1. The van der Waals surface area contributed by atoms with Gasteiger partial charge in [-0.05, 0) is 49.9 Å². The molecule has 5 aliphatic carbocycles. The minimum Gasteiger partial charge on any atom is -0.493 e. The van der Waals surface area contributed by atoms with E-state index in [2.05, 4.69) is 11.8 Å². The van der Waals surface area contributed by atoms with E-state index in [0.29, 0.717) is 30.1 Å². The first kappa shape index (κ1) is 33.1. The lowest BCUT2D eigenvalue weighted by Crippen LogP contribution is -2.77. The summed E-state index contributed by atoms with van der Waals surface area (Å²) in [6, 6.07) is 5.10. The van der Waals surface area contributed by atoms with Crippen LogP contribution < -0.4 is 9.47 Å². The first-order valence-corrected chi connectivity index (χ1v) is 17.1. The fraction of sp³-hybridized carbons (Fsp3) is 0.778. The van der Waals surface area contributed by atoms with Gasteiger partial charge in [-0.15, -0.1) is 0 Å². The van der Waals surface area contributed by atoms with Crippen molar-refractivity contribution in [3.05, 3.63) is 23.8 Å². The number of nitrogens with zero attached hydrogens (tertiary/aromatic N) is 1. The van der Waals surface area contributed by atoms with Crippen molar-refractivity contribution < 1.29 is 47.5 Å². The topological polar surface area (TPSA) is 111 Å². The molecule has 7 bridgehead atoms. The van der Waals surface area contributed by atoms with Crippen molar-refractivity contribution in [1.29, 1.82) is 0 Å². The fourth-order valence-corrected chi connectivity index (χ4v) is 12.7. The van der Waals surface area contributed by atoms with Gasteiger partial charge in [0.1, 0.15) is 11.7 Å². The lowest BCUT2D eigenvalue weighted by Gasteiger charge is -2.69. The van der Waals surface area contributed by atoms with Crippen molar-refractivity contribution in [2.75, 3.05) is 62.4 Å². The van der Waals surface area contributed by atoms with Gasteiger partial charge < -0.3 is 37.9 Å². The Balaban J connectivity index is 1.42. The SMILES string of the molecule is CCN1C[C@]2(COC)CCC(OC)[C@@]34[C@@H]5C[C@H]6[C@H](OC(=O)c7ccc(OC)c(OC)c7)[C@@H]5[C@](OC(C)=O)(C[C@@H]6OC)[C@@H]([C@H](OC)[C@H]23)[C@@H]14. The average molecular weight is 658 g/mol. The maximum Gasteiger partial charge on any atom is 0.338 e. The van der Waals surface area contributed by atoms with Gasteiger partial charge in [-0.25, -0.2) is 4.79 Å². The summed E-state index contributed by atoms with van der Waals surface area (Å²) in [5.74, 6) is -0.209. The highest BCUT2D eigenvalue weighted by molar-refractivity contribution is 5.90. The molecule has 1 spiro atoms. The van der Waals surface area contributed by atoms with Crippen molar-refractivity contribution in [2.45, 2.75) is 75.6 Å². The van der Waals surface area contributed by atoms with E-state index < -0.39 is 17.7 Å². The third kappa shape index (κ3) is 4.22. The number of carbonyl (C=O) groups is 2. The molecule has 7 rings (SSSR count). The Morgan fingerprint density at radius 3 is 2.34 bits per heavy atom.